The van der Waals surface area contributed by atoms with Gasteiger partial charge in [-0.25, -0.2) is 26.9 Å². The van der Waals surface area contributed by atoms with Gasteiger partial charge in [-0.3, -0.25) is 0 Å². The number of rotatable bonds is 3. The van der Waals surface area contributed by atoms with Gasteiger partial charge in [0.1, 0.15) is 5.69 Å². The standard InChI is InChI=1S/C22H23F5N6O4S/c1-31-19-13(17(30-31)12-9-14(22(25,26)27)16(24)18(34)15(12)23)10-28-20(29-19)32-5-6-33(38(2,35)36)21(11-32)3-7-37-8-4-21/h9-10,34H,3-8,11H2,1-2H3. The van der Waals surface area contributed by atoms with Gasteiger partial charge < -0.3 is 14.7 Å². The first-order chi connectivity index (χ1) is 17.7. The van der Waals surface area contributed by atoms with Crippen LogP contribution >= 0.6 is 0 Å². The van der Waals surface area contributed by atoms with Crippen LogP contribution in [0.5, 0.6) is 5.75 Å². The SMILES string of the molecule is Cn1nc(-c2cc(C(F)(F)F)c(F)c(O)c2F)c2cnc(N3CCN(S(C)(=O)=O)C4(CCOCC4)C3)nc21. The second-order valence-electron chi connectivity index (χ2n) is 9.42. The molecular formula is C22H23F5N6O4S. The highest BCUT2D eigenvalue weighted by molar-refractivity contribution is 7.88. The molecule has 2 aliphatic rings. The number of nitrogens with zero attached hydrogens (tertiary/aromatic N) is 6. The summed E-state index contributed by atoms with van der Waals surface area (Å²) in [5.74, 6) is -5.26. The zero-order chi connectivity index (χ0) is 27.6. The number of aromatic hydroxyl groups is 1. The smallest absolute Gasteiger partial charge is 0.419 e. The van der Waals surface area contributed by atoms with Crippen LogP contribution in [0.4, 0.5) is 27.9 Å². The second kappa shape index (κ2) is 8.98. The minimum atomic E-state index is -5.19. The van der Waals surface area contributed by atoms with E-state index < -0.39 is 50.2 Å². The number of phenols is 1. The molecule has 2 aliphatic heterocycles. The summed E-state index contributed by atoms with van der Waals surface area (Å²) in [6.45, 7) is 1.54. The van der Waals surface area contributed by atoms with Gasteiger partial charge in [0.2, 0.25) is 16.0 Å². The number of phenolic OH excluding ortho intramolecular Hbond substituents is 1. The number of ether oxygens (including phenoxy) is 1. The summed E-state index contributed by atoms with van der Waals surface area (Å²) in [5, 5.41) is 13.9. The Balaban J connectivity index is 1.56. The number of sulfonamides is 1. The molecule has 0 unspecified atom stereocenters. The van der Waals surface area contributed by atoms with Gasteiger partial charge in [-0.15, -0.1) is 0 Å². The number of anilines is 1. The lowest BCUT2D eigenvalue weighted by molar-refractivity contribution is -0.140. The molecule has 3 aromatic rings. The number of halogens is 5. The molecule has 16 heteroatoms. The Kier molecular flexibility index (Phi) is 6.26. The van der Waals surface area contributed by atoms with Crippen LogP contribution in [0.1, 0.15) is 18.4 Å². The van der Waals surface area contributed by atoms with Crippen LogP contribution in [0.25, 0.3) is 22.3 Å². The van der Waals surface area contributed by atoms with Crippen molar-refractivity contribution in [3.05, 3.63) is 29.5 Å². The molecule has 1 aromatic carbocycles. The van der Waals surface area contributed by atoms with Crippen molar-refractivity contribution >= 4 is 27.0 Å². The maximum Gasteiger partial charge on any atom is 0.419 e. The first-order valence-electron chi connectivity index (χ1n) is 11.5. The minimum Gasteiger partial charge on any atom is -0.503 e. The number of aromatic nitrogens is 4. The predicted molar refractivity (Wildman–Crippen MR) is 125 cm³/mol. The first kappa shape index (κ1) is 26.5. The molecule has 2 aromatic heterocycles. The van der Waals surface area contributed by atoms with E-state index in [4.69, 9.17) is 4.74 Å². The van der Waals surface area contributed by atoms with Crippen LogP contribution < -0.4 is 4.90 Å². The highest BCUT2D eigenvalue weighted by Crippen LogP contribution is 2.42. The molecular weight excluding hydrogens is 539 g/mol. The van der Waals surface area contributed by atoms with Crippen molar-refractivity contribution in [1.29, 1.82) is 0 Å². The van der Waals surface area contributed by atoms with Gasteiger partial charge in [-0.1, -0.05) is 0 Å². The number of benzene rings is 1. The van der Waals surface area contributed by atoms with Crippen molar-refractivity contribution in [1.82, 2.24) is 24.1 Å². The summed E-state index contributed by atoms with van der Waals surface area (Å²) in [7, 11) is -2.06. The fraction of sp³-hybridized carbons (Fsp3) is 0.500. The Morgan fingerprint density at radius 1 is 1.13 bits per heavy atom. The molecule has 1 spiro atoms. The third-order valence-corrected chi connectivity index (χ3v) is 8.37. The highest BCUT2D eigenvalue weighted by Gasteiger charge is 2.47. The molecule has 1 N–H and O–H groups in total. The highest BCUT2D eigenvalue weighted by atomic mass is 32.2. The van der Waals surface area contributed by atoms with Crippen molar-refractivity contribution < 1.29 is 40.2 Å². The Morgan fingerprint density at radius 2 is 1.82 bits per heavy atom. The Hall–Kier alpha value is -3.11. The number of hydrogen-bond donors (Lipinski definition) is 1. The number of alkyl halides is 3. The van der Waals surface area contributed by atoms with E-state index >= 15 is 0 Å². The zero-order valence-corrected chi connectivity index (χ0v) is 21.1. The van der Waals surface area contributed by atoms with E-state index in [1.54, 1.807) is 0 Å². The van der Waals surface area contributed by atoms with Gasteiger partial charge in [-0.05, 0) is 18.9 Å². The largest absolute Gasteiger partial charge is 0.503 e. The maximum absolute atomic E-state index is 14.7. The van der Waals surface area contributed by atoms with E-state index in [1.165, 1.54) is 22.2 Å². The third-order valence-electron chi connectivity index (χ3n) is 7.00. The molecule has 206 valence electrons. The number of aryl methyl sites for hydroxylation is 1. The van der Waals surface area contributed by atoms with E-state index in [0.717, 1.165) is 6.26 Å². The van der Waals surface area contributed by atoms with Crippen LogP contribution in [0.15, 0.2) is 12.3 Å². The molecule has 4 heterocycles. The average Bonchev–Trinajstić information content (AvgIpc) is 3.17. The topological polar surface area (TPSA) is 114 Å². The van der Waals surface area contributed by atoms with Crippen LogP contribution in [0.3, 0.4) is 0 Å². The molecule has 38 heavy (non-hydrogen) atoms. The average molecular weight is 563 g/mol. The van der Waals surface area contributed by atoms with Crippen molar-refractivity contribution in [3.8, 4) is 17.0 Å². The molecule has 0 aliphatic carbocycles. The quantitative estimate of drug-likeness (QED) is 0.485. The second-order valence-corrected chi connectivity index (χ2v) is 11.3. The summed E-state index contributed by atoms with van der Waals surface area (Å²) in [5.41, 5.74) is -3.49. The molecule has 0 bridgehead atoms. The molecule has 0 saturated carbocycles. The third kappa shape index (κ3) is 4.33. The van der Waals surface area contributed by atoms with Crippen molar-refractivity contribution in [2.75, 3.05) is 44.0 Å². The van der Waals surface area contributed by atoms with E-state index in [0.29, 0.717) is 26.1 Å². The molecule has 2 fully saturated rings. The van der Waals surface area contributed by atoms with Gasteiger partial charge in [0.05, 0.1) is 22.7 Å². The van der Waals surface area contributed by atoms with Gasteiger partial charge in [-0.2, -0.15) is 27.6 Å². The number of fused-ring (bicyclic) bond motifs is 1. The molecule has 10 nitrogen and oxygen atoms in total. The van der Waals surface area contributed by atoms with Crippen molar-refractivity contribution in [3.63, 3.8) is 0 Å². The van der Waals surface area contributed by atoms with Gasteiger partial charge >= 0.3 is 6.18 Å². The lowest BCUT2D eigenvalue weighted by atomic mass is 9.87. The molecule has 0 atom stereocenters. The Morgan fingerprint density at radius 3 is 2.45 bits per heavy atom. The fourth-order valence-corrected chi connectivity index (χ4v) is 6.55. The van der Waals surface area contributed by atoms with E-state index in [9.17, 15) is 35.5 Å². The first-order valence-corrected chi connectivity index (χ1v) is 13.4. The summed E-state index contributed by atoms with van der Waals surface area (Å²) in [4.78, 5) is 10.6. The lowest BCUT2D eigenvalue weighted by Gasteiger charge is -2.51. The predicted octanol–water partition coefficient (Wildman–Crippen LogP) is 2.66. The molecule has 0 radical (unpaired) electrons. The van der Waals surface area contributed by atoms with Crippen LogP contribution in [-0.4, -0.2) is 82.2 Å². The normalized spacial score (nSPS) is 19.0. The molecule has 2 saturated heterocycles. The van der Waals surface area contributed by atoms with Crippen LogP contribution in [0, 0.1) is 11.6 Å². The van der Waals surface area contributed by atoms with Crippen LogP contribution in [0.2, 0.25) is 0 Å². The fourth-order valence-electron chi connectivity index (χ4n) is 5.19. The minimum absolute atomic E-state index is 0.0739. The monoisotopic (exact) mass is 562 g/mol. The van der Waals surface area contributed by atoms with E-state index in [2.05, 4.69) is 15.1 Å². The van der Waals surface area contributed by atoms with E-state index in [1.807, 2.05) is 4.90 Å². The van der Waals surface area contributed by atoms with E-state index in [-0.39, 0.29) is 48.4 Å². The van der Waals surface area contributed by atoms with Gasteiger partial charge in [0.25, 0.3) is 0 Å². The van der Waals surface area contributed by atoms with Crippen molar-refractivity contribution in [2.24, 2.45) is 7.05 Å². The van der Waals surface area contributed by atoms with Gasteiger partial charge in [0.15, 0.2) is 23.0 Å². The summed E-state index contributed by atoms with van der Waals surface area (Å²) in [6.07, 6.45) is -1.82. The molecule has 0 amide bonds. The van der Waals surface area contributed by atoms with Crippen LogP contribution in [-0.2, 0) is 28.0 Å². The zero-order valence-electron chi connectivity index (χ0n) is 20.3. The molecule has 5 rings (SSSR count). The number of hydrogen-bond acceptors (Lipinski definition) is 8. The maximum atomic E-state index is 14.7. The lowest BCUT2D eigenvalue weighted by Crippen LogP contribution is -2.65. The summed E-state index contributed by atoms with van der Waals surface area (Å²) >= 11 is 0. The Labute approximate surface area is 213 Å². The van der Waals surface area contributed by atoms with Crippen molar-refractivity contribution in [2.45, 2.75) is 24.6 Å². The summed E-state index contributed by atoms with van der Waals surface area (Å²) in [6, 6.07) is 0.249. The van der Waals surface area contributed by atoms with Gasteiger partial charge in [0, 0.05) is 51.7 Å². The summed E-state index contributed by atoms with van der Waals surface area (Å²) < 4.78 is 102. The Bertz CT molecular complexity index is 1520. The number of piperazine rings is 1.